The van der Waals surface area contributed by atoms with Gasteiger partial charge in [-0.2, -0.15) is 26.3 Å². The highest BCUT2D eigenvalue weighted by Crippen LogP contribution is 2.93. The van der Waals surface area contributed by atoms with Gasteiger partial charge in [0.25, 0.3) is 0 Å². The van der Waals surface area contributed by atoms with Crippen molar-refractivity contribution >= 4 is 21.7 Å². The summed E-state index contributed by atoms with van der Waals surface area (Å²) in [6, 6.07) is 4.04. The first-order valence-electron chi connectivity index (χ1n) is 13.9. The maximum absolute atomic E-state index is 15.0. The zero-order valence-electron chi connectivity index (χ0n) is 22.4. The van der Waals surface area contributed by atoms with Crippen molar-refractivity contribution in [2.45, 2.75) is 59.4 Å². The minimum absolute atomic E-state index is 0.113. The van der Waals surface area contributed by atoms with Crippen LogP contribution in [-0.4, -0.2) is 55.2 Å². The fraction of sp³-hybridized carbons (Fsp3) is 0.517. The molecular formula is C29H23F8NO5S. The lowest BCUT2D eigenvalue weighted by molar-refractivity contribution is -0.348. The Hall–Kier alpha value is -3.23. The summed E-state index contributed by atoms with van der Waals surface area (Å²) in [5, 5.41) is 9.67. The van der Waals surface area contributed by atoms with E-state index in [4.69, 9.17) is 0 Å². The topological polar surface area (TPSA) is 91.8 Å². The molecule has 1 saturated heterocycles. The number of halogens is 8. The second-order valence-electron chi connectivity index (χ2n) is 12.4. The van der Waals surface area contributed by atoms with Gasteiger partial charge < -0.3 is 10.0 Å². The average Bonchev–Trinajstić information content (AvgIpc) is 3.54. The molecule has 7 atom stereocenters. The molecule has 1 aliphatic heterocycles. The lowest BCUT2D eigenvalue weighted by Gasteiger charge is -2.43. The molecule has 2 aromatic rings. The average molecular weight is 650 g/mol. The Morgan fingerprint density at radius 3 is 2.11 bits per heavy atom. The molecule has 0 spiro atoms. The summed E-state index contributed by atoms with van der Waals surface area (Å²) in [5.74, 6) is -3.46. The van der Waals surface area contributed by atoms with Gasteiger partial charge in [0.1, 0.15) is 10.6 Å². The number of likely N-dealkylation sites (tertiary alicyclic amines) is 1. The summed E-state index contributed by atoms with van der Waals surface area (Å²) >= 11 is 0. The van der Waals surface area contributed by atoms with E-state index >= 15 is 0 Å². The van der Waals surface area contributed by atoms with Crippen LogP contribution in [0.15, 0.2) is 47.4 Å². The molecule has 15 heteroatoms. The highest BCUT2D eigenvalue weighted by atomic mass is 32.2. The van der Waals surface area contributed by atoms with Crippen molar-refractivity contribution in [3.05, 3.63) is 65.0 Å². The van der Waals surface area contributed by atoms with Gasteiger partial charge in [-0.15, -0.1) is 0 Å². The van der Waals surface area contributed by atoms with Crippen LogP contribution in [0, 0.1) is 34.9 Å². The van der Waals surface area contributed by atoms with E-state index in [2.05, 4.69) is 0 Å². The molecule has 8 rings (SSSR count). The SMILES string of the molecule is O=C(C1CC2C3C1C23C(=O)O)N1CCC2(S(=O)(=O)c3ccc(F)cc3)c3ccc(C(F)(C(F)(F)F)C(F)(F)F)cc3CCC12. The van der Waals surface area contributed by atoms with Crippen molar-refractivity contribution < 1.29 is 58.2 Å². The monoisotopic (exact) mass is 649 g/mol. The number of nitrogens with zero attached hydrogens (tertiary/aromatic N) is 1. The van der Waals surface area contributed by atoms with Crippen LogP contribution in [0.2, 0.25) is 0 Å². The Morgan fingerprint density at radius 2 is 1.57 bits per heavy atom. The molecular weight excluding hydrogens is 626 g/mol. The van der Waals surface area contributed by atoms with Crippen LogP contribution in [0.5, 0.6) is 0 Å². The van der Waals surface area contributed by atoms with Gasteiger partial charge in [0.05, 0.1) is 16.4 Å². The first kappa shape index (κ1) is 29.5. The second kappa shape index (κ2) is 8.52. The molecule has 236 valence electrons. The quantitative estimate of drug-likeness (QED) is 0.351. The van der Waals surface area contributed by atoms with E-state index in [1.807, 2.05) is 0 Å². The number of rotatable bonds is 5. The zero-order chi connectivity index (χ0) is 32.0. The number of carboxylic acid groups (broad SMARTS) is 1. The number of carbonyl (C=O) groups is 2. The molecule has 1 N–H and O–H groups in total. The van der Waals surface area contributed by atoms with Crippen molar-refractivity contribution in [3.63, 3.8) is 0 Å². The van der Waals surface area contributed by atoms with Crippen LogP contribution in [-0.2, 0) is 36.3 Å². The molecule has 0 aromatic heterocycles. The van der Waals surface area contributed by atoms with Crippen molar-refractivity contribution in [3.8, 4) is 0 Å². The lowest BCUT2D eigenvalue weighted by atomic mass is 9.76. The normalized spacial score (nSPS) is 33.8. The number of hydrogen-bond donors (Lipinski definition) is 1. The second-order valence-corrected chi connectivity index (χ2v) is 14.7. The minimum Gasteiger partial charge on any atom is -0.481 e. The van der Waals surface area contributed by atoms with Crippen molar-refractivity contribution in [1.29, 1.82) is 0 Å². The van der Waals surface area contributed by atoms with Crippen LogP contribution < -0.4 is 0 Å². The molecule has 44 heavy (non-hydrogen) atoms. The van der Waals surface area contributed by atoms with Crippen molar-refractivity contribution in [1.82, 2.24) is 4.90 Å². The van der Waals surface area contributed by atoms with Gasteiger partial charge in [0, 0.05) is 18.0 Å². The van der Waals surface area contributed by atoms with E-state index in [-0.39, 0.29) is 65.6 Å². The molecule has 6 aliphatic rings. The highest BCUT2D eigenvalue weighted by Gasteiger charge is 2.96. The van der Waals surface area contributed by atoms with Gasteiger partial charge in [-0.05, 0) is 78.8 Å². The van der Waals surface area contributed by atoms with E-state index in [0.717, 1.165) is 30.3 Å². The summed E-state index contributed by atoms with van der Waals surface area (Å²) in [4.78, 5) is 26.7. The van der Waals surface area contributed by atoms with Crippen molar-refractivity contribution in [2.75, 3.05) is 6.54 Å². The van der Waals surface area contributed by atoms with E-state index in [9.17, 15) is 58.2 Å². The first-order chi connectivity index (χ1) is 20.4. The van der Waals surface area contributed by atoms with Crippen LogP contribution >= 0.6 is 0 Å². The maximum atomic E-state index is 15.0. The van der Waals surface area contributed by atoms with E-state index in [0.29, 0.717) is 12.5 Å². The molecule has 6 nitrogen and oxygen atoms in total. The smallest absolute Gasteiger partial charge is 0.435 e. The number of aliphatic carboxylic acids is 1. The van der Waals surface area contributed by atoms with Gasteiger partial charge in [-0.25, -0.2) is 17.2 Å². The summed E-state index contributed by atoms with van der Waals surface area (Å²) < 4.78 is 137. The van der Waals surface area contributed by atoms with Crippen LogP contribution in [0.3, 0.4) is 0 Å². The van der Waals surface area contributed by atoms with Gasteiger partial charge in [-0.3, -0.25) is 9.59 Å². The minimum atomic E-state index is -6.37. The van der Waals surface area contributed by atoms with Crippen molar-refractivity contribution in [2.24, 2.45) is 29.1 Å². The molecule has 1 heterocycles. The fourth-order valence-electron chi connectivity index (χ4n) is 8.93. The number of carbonyl (C=O) groups excluding carboxylic acids is 1. The number of amides is 1. The third kappa shape index (κ3) is 3.28. The van der Waals surface area contributed by atoms with Crippen LogP contribution in [0.4, 0.5) is 35.1 Å². The standard InChI is InChI=1S/C29H23F8NO5S/c30-15-3-5-16(6-4-15)44(42,43)25-9-10-38(23(39)17-12-19-22-21(17)26(19,22)24(40)41)20(25)8-1-13-11-14(2-7-18(13)25)27(31,28(32,33)34)29(35,36)37/h2-7,11,17,19-22H,1,8-10,12H2,(H,40,41). The number of fused-ring (bicyclic) bond motifs is 4. The Morgan fingerprint density at radius 1 is 0.932 bits per heavy atom. The summed E-state index contributed by atoms with van der Waals surface area (Å²) in [5.41, 5.74) is -8.80. The number of hydrogen-bond acceptors (Lipinski definition) is 4. The van der Waals surface area contributed by atoms with Crippen LogP contribution in [0.25, 0.3) is 0 Å². The number of alkyl halides is 7. The third-order valence-electron chi connectivity index (χ3n) is 10.9. The number of benzene rings is 2. The summed E-state index contributed by atoms with van der Waals surface area (Å²) in [6.07, 6.45) is -13.2. The van der Waals surface area contributed by atoms with Gasteiger partial charge in [0.15, 0.2) is 9.84 Å². The zero-order valence-corrected chi connectivity index (χ0v) is 23.2. The number of aryl methyl sites for hydroxylation is 1. The molecule has 2 bridgehead atoms. The van der Waals surface area contributed by atoms with E-state index in [1.165, 1.54) is 4.90 Å². The predicted octanol–water partition coefficient (Wildman–Crippen LogP) is 5.30. The molecule has 7 unspecified atom stereocenters. The van der Waals surface area contributed by atoms with Gasteiger partial charge >= 0.3 is 24.0 Å². The third-order valence-corrected chi connectivity index (χ3v) is 13.4. The Bertz CT molecular complexity index is 1700. The fourth-order valence-corrected chi connectivity index (χ4v) is 11.3. The first-order valence-corrected chi connectivity index (χ1v) is 15.4. The molecule has 2 aromatic carbocycles. The maximum Gasteiger partial charge on any atom is 0.435 e. The Labute approximate surface area is 244 Å². The lowest BCUT2D eigenvalue weighted by Crippen LogP contribution is -2.53. The molecule has 1 amide bonds. The molecule has 5 fully saturated rings. The number of sulfone groups is 1. The molecule has 5 aliphatic carbocycles. The Kier molecular flexibility index (Phi) is 5.71. The predicted molar refractivity (Wildman–Crippen MR) is 134 cm³/mol. The molecule has 0 radical (unpaired) electrons. The largest absolute Gasteiger partial charge is 0.481 e. The van der Waals surface area contributed by atoms with E-state index in [1.54, 1.807) is 0 Å². The highest BCUT2D eigenvalue weighted by molar-refractivity contribution is 7.92. The Balaban J connectivity index is 1.34. The van der Waals surface area contributed by atoms with Crippen LogP contribution in [0.1, 0.15) is 36.0 Å². The number of carboxylic acids is 1. The van der Waals surface area contributed by atoms with E-state index < -0.39 is 73.2 Å². The summed E-state index contributed by atoms with van der Waals surface area (Å²) in [7, 11) is -4.60. The summed E-state index contributed by atoms with van der Waals surface area (Å²) in [6.45, 7) is -0.137. The van der Waals surface area contributed by atoms with Gasteiger partial charge in [0.2, 0.25) is 5.91 Å². The molecule has 4 saturated carbocycles. The van der Waals surface area contributed by atoms with Gasteiger partial charge in [-0.1, -0.05) is 18.2 Å².